The van der Waals surface area contributed by atoms with E-state index in [2.05, 4.69) is 10.4 Å². The van der Waals surface area contributed by atoms with Gasteiger partial charge in [0.1, 0.15) is 0 Å². The van der Waals surface area contributed by atoms with Crippen LogP contribution in [0.3, 0.4) is 0 Å². The molecular formula is C13H21N3O2. The SMILES string of the molecule is CCn1nc(C)cc1CC1(C(=O)O)CCCNC1. The van der Waals surface area contributed by atoms with Gasteiger partial charge in [0.25, 0.3) is 0 Å². The molecule has 5 heteroatoms. The van der Waals surface area contributed by atoms with Crippen LogP contribution in [-0.4, -0.2) is 33.9 Å². The van der Waals surface area contributed by atoms with Gasteiger partial charge in [0.2, 0.25) is 0 Å². The molecule has 1 aromatic heterocycles. The highest BCUT2D eigenvalue weighted by atomic mass is 16.4. The summed E-state index contributed by atoms with van der Waals surface area (Å²) in [7, 11) is 0. The van der Waals surface area contributed by atoms with Gasteiger partial charge in [0.05, 0.1) is 11.1 Å². The van der Waals surface area contributed by atoms with Gasteiger partial charge in [-0.15, -0.1) is 0 Å². The van der Waals surface area contributed by atoms with E-state index < -0.39 is 11.4 Å². The second-order valence-corrected chi connectivity index (χ2v) is 5.14. The predicted octanol–water partition coefficient (Wildman–Crippen LogP) is 1.21. The predicted molar refractivity (Wildman–Crippen MR) is 68.5 cm³/mol. The van der Waals surface area contributed by atoms with E-state index in [0.717, 1.165) is 37.3 Å². The van der Waals surface area contributed by atoms with E-state index in [-0.39, 0.29) is 0 Å². The van der Waals surface area contributed by atoms with Crippen molar-refractivity contribution < 1.29 is 9.90 Å². The molecule has 1 aromatic rings. The number of aryl methyl sites for hydroxylation is 2. The van der Waals surface area contributed by atoms with E-state index in [4.69, 9.17) is 0 Å². The Morgan fingerprint density at radius 3 is 3.00 bits per heavy atom. The molecule has 2 heterocycles. The van der Waals surface area contributed by atoms with E-state index >= 15 is 0 Å². The minimum absolute atomic E-state index is 0.552. The number of hydrogen-bond donors (Lipinski definition) is 2. The Bertz CT molecular complexity index is 433. The first-order chi connectivity index (χ1) is 8.57. The number of carboxylic acid groups (broad SMARTS) is 1. The first kappa shape index (κ1) is 13.1. The highest BCUT2D eigenvalue weighted by molar-refractivity contribution is 5.75. The van der Waals surface area contributed by atoms with Gasteiger partial charge >= 0.3 is 5.97 Å². The molecular weight excluding hydrogens is 230 g/mol. The molecule has 1 aliphatic heterocycles. The minimum atomic E-state index is -0.698. The lowest BCUT2D eigenvalue weighted by Gasteiger charge is -2.33. The van der Waals surface area contributed by atoms with Crippen molar-refractivity contribution in [1.82, 2.24) is 15.1 Å². The van der Waals surface area contributed by atoms with Gasteiger partial charge < -0.3 is 10.4 Å². The topological polar surface area (TPSA) is 67.2 Å². The van der Waals surface area contributed by atoms with E-state index in [1.807, 2.05) is 24.6 Å². The molecule has 1 unspecified atom stereocenters. The molecule has 5 nitrogen and oxygen atoms in total. The normalized spacial score (nSPS) is 24.1. The van der Waals surface area contributed by atoms with E-state index in [0.29, 0.717) is 13.0 Å². The summed E-state index contributed by atoms with van der Waals surface area (Å²) < 4.78 is 1.91. The molecule has 1 aliphatic rings. The molecule has 2 N–H and O–H groups in total. The largest absolute Gasteiger partial charge is 0.481 e. The molecule has 100 valence electrons. The summed E-state index contributed by atoms with van der Waals surface area (Å²) in [5.74, 6) is -0.698. The Labute approximate surface area is 107 Å². The first-order valence-corrected chi connectivity index (χ1v) is 6.55. The maximum atomic E-state index is 11.6. The van der Waals surface area contributed by atoms with Crippen LogP contribution in [0.1, 0.15) is 31.2 Å². The van der Waals surface area contributed by atoms with Gasteiger partial charge in [-0.05, 0) is 39.3 Å². The number of piperidine rings is 1. The summed E-state index contributed by atoms with van der Waals surface area (Å²) in [6, 6.07) is 2.00. The van der Waals surface area contributed by atoms with Gasteiger partial charge in [-0.3, -0.25) is 9.48 Å². The Morgan fingerprint density at radius 1 is 1.67 bits per heavy atom. The number of aliphatic carboxylic acids is 1. The molecule has 0 saturated carbocycles. The van der Waals surface area contributed by atoms with Crippen molar-refractivity contribution >= 4 is 5.97 Å². The molecule has 1 fully saturated rings. The maximum Gasteiger partial charge on any atom is 0.311 e. The van der Waals surface area contributed by atoms with Crippen molar-refractivity contribution in [1.29, 1.82) is 0 Å². The molecule has 1 atom stereocenters. The van der Waals surface area contributed by atoms with Crippen LogP contribution in [0, 0.1) is 12.3 Å². The summed E-state index contributed by atoms with van der Waals surface area (Å²) in [6.45, 7) is 6.23. The van der Waals surface area contributed by atoms with Crippen molar-refractivity contribution in [3.05, 3.63) is 17.5 Å². The van der Waals surface area contributed by atoms with Gasteiger partial charge in [0, 0.05) is 25.2 Å². The average Bonchev–Trinajstić information content (AvgIpc) is 2.70. The molecule has 0 spiro atoms. The van der Waals surface area contributed by atoms with Crippen LogP contribution >= 0.6 is 0 Å². The molecule has 0 radical (unpaired) electrons. The van der Waals surface area contributed by atoms with Crippen molar-refractivity contribution in [2.45, 2.75) is 39.7 Å². The number of nitrogens with zero attached hydrogens (tertiary/aromatic N) is 2. The molecule has 18 heavy (non-hydrogen) atoms. The summed E-state index contributed by atoms with van der Waals surface area (Å²) >= 11 is 0. The number of nitrogens with one attached hydrogen (secondary N) is 1. The van der Waals surface area contributed by atoms with Crippen LogP contribution in [0.15, 0.2) is 6.07 Å². The average molecular weight is 251 g/mol. The van der Waals surface area contributed by atoms with Gasteiger partial charge in [-0.1, -0.05) is 0 Å². The molecule has 0 aromatic carbocycles. The zero-order valence-electron chi connectivity index (χ0n) is 11.1. The Kier molecular flexibility index (Phi) is 3.71. The van der Waals surface area contributed by atoms with Gasteiger partial charge in [-0.2, -0.15) is 5.10 Å². The second-order valence-electron chi connectivity index (χ2n) is 5.14. The van der Waals surface area contributed by atoms with Gasteiger partial charge in [-0.25, -0.2) is 0 Å². The number of aromatic nitrogens is 2. The van der Waals surface area contributed by atoms with Crippen LogP contribution in [0.5, 0.6) is 0 Å². The Hall–Kier alpha value is -1.36. The zero-order chi connectivity index (χ0) is 13.2. The van der Waals surface area contributed by atoms with Gasteiger partial charge in [0.15, 0.2) is 0 Å². The Balaban J connectivity index is 2.25. The third-order valence-electron chi connectivity index (χ3n) is 3.73. The van der Waals surface area contributed by atoms with Crippen molar-refractivity contribution in [3.8, 4) is 0 Å². The standard InChI is InChI=1S/C13H21N3O2/c1-3-16-11(7-10(2)15-16)8-13(12(17)18)5-4-6-14-9-13/h7,14H,3-6,8-9H2,1-2H3,(H,17,18). The Morgan fingerprint density at radius 2 is 2.44 bits per heavy atom. The van der Waals surface area contributed by atoms with Crippen LogP contribution in [-0.2, 0) is 17.8 Å². The number of rotatable bonds is 4. The number of carbonyl (C=O) groups is 1. The minimum Gasteiger partial charge on any atom is -0.481 e. The molecule has 2 rings (SSSR count). The fraction of sp³-hybridized carbons (Fsp3) is 0.692. The number of carboxylic acids is 1. The molecule has 0 aliphatic carbocycles. The third-order valence-corrected chi connectivity index (χ3v) is 3.73. The lowest BCUT2D eigenvalue weighted by Crippen LogP contribution is -2.47. The second kappa shape index (κ2) is 5.10. The summed E-state index contributed by atoms with van der Waals surface area (Å²) in [5.41, 5.74) is 1.31. The first-order valence-electron chi connectivity index (χ1n) is 6.55. The molecule has 1 saturated heterocycles. The fourth-order valence-electron chi connectivity index (χ4n) is 2.74. The lowest BCUT2D eigenvalue weighted by atomic mass is 9.77. The highest BCUT2D eigenvalue weighted by Gasteiger charge is 2.40. The van der Waals surface area contributed by atoms with E-state index in [1.54, 1.807) is 0 Å². The molecule has 0 amide bonds. The lowest BCUT2D eigenvalue weighted by molar-refractivity contribution is -0.150. The van der Waals surface area contributed by atoms with Crippen molar-refractivity contribution in [3.63, 3.8) is 0 Å². The summed E-state index contributed by atoms with van der Waals surface area (Å²) in [6.07, 6.45) is 2.22. The van der Waals surface area contributed by atoms with E-state index in [1.165, 1.54) is 0 Å². The summed E-state index contributed by atoms with van der Waals surface area (Å²) in [4.78, 5) is 11.6. The smallest absolute Gasteiger partial charge is 0.311 e. The van der Waals surface area contributed by atoms with Crippen LogP contribution < -0.4 is 5.32 Å². The zero-order valence-corrected chi connectivity index (χ0v) is 11.1. The monoisotopic (exact) mass is 251 g/mol. The van der Waals surface area contributed by atoms with Crippen molar-refractivity contribution in [2.24, 2.45) is 5.41 Å². The number of hydrogen-bond acceptors (Lipinski definition) is 3. The van der Waals surface area contributed by atoms with Crippen LogP contribution in [0.2, 0.25) is 0 Å². The van der Waals surface area contributed by atoms with Crippen molar-refractivity contribution in [2.75, 3.05) is 13.1 Å². The van der Waals surface area contributed by atoms with E-state index in [9.17, 15) is 9.90 Å². The molecule has 0 bridgehead atoms. The summed E-state index contributed by atoms with van der Waals surface area (Å²) in [5, 5.41) is 17.2. The quantitative estimate of drug-likeness (QED) is 0.844. The maximum absolute atomic E-state index is 11.6. The fourth-order valence-corrected chi connectivity index (χ4v) is 2.74. The van der Waals surface area contributed by atoms with Crippen LogP contribution in [0.4, 0.5) is 0 Å². The third kappa shape index (κ3) is 2.41. The highest BCUT2D eigenvalue weighted by Crippen LogP contribution is 2.31. The van der Waals surface area contributed by atoms with Crippen LogP contribution in [0.25, 0.3) is 0 Å².